The van der Waals surface area contributed by atoms with E-state index < -0.39 is 0 Å². The molecule has 0 atom stereocenters. The molecule has 2 aliphatic rings. The Kier molecular flexibility index (Phi) is 9.48. The fraction of sp³-hybridized carbons (Fsp3) is 1.00. The molecule has 0 saturated carbocycles. The van der Waals surface area contributed by atoms with E-state index in [1.54, 1.807) is 0 Å². The van der Waals surface area contributed by atoms with E-state index in [-0.39, 0.29) is 0 Å². The second-order valence-electron chi connectivity index (χ2n) is 5.38. The van der Waals surface area contributed by atoms with Gasteiger partial charge in [-0.1, -0.05) is 12.8 Å². The molecule has 0 spiro atoms. The Bertz CT molecular complexity index is 149. The predicted molar refractivity (Wildman–Crippen MR) is 78.7 cm³/mol. The topological polar surface area (TPSA) is 58.5 Å². The van der Waals surface area contributed by atoms with Crippen molar-refractivity contribution in [1.82, 2.24) is 9.80 Å². The van der Waals surface area contributed by atoms with Crippen LogP contribution in [-0.2, 0) is 0 Å². The van der Waals surface area contributed by atoms with Gasteiger partial charge in [0.15, 0.2) is 0 Å². The van der Waals surface area contributed by atoms with Crippen molar-refractivity contribution in [2.45, 2.75) is 38.5 Å². The molecule has 2 saturated heterocycles. The molecule has 0 bridgehead atoms. The second kappa shape index (κ2) is 10.7. The lowest BCUT2D eigenvalue weighted by atomic mass is 10.1. The van der Waals surface area contributed by atoms with Crippen LogP contribution in [-0.4, -0.2) is 62.2 Å². The summed E-state index contributed by atoms with van der Waals surface area (Å²) in [5, 5.41) is 0. The molecule has 2 heterocycles. The normalized spacial score (nSPS) is 22.3. The number of likely N-dealkylation sites (tertiary alicyclic amines) is 2. The van der Waals surface area contributed by atoms with Gasteiger partial charge in [0, 0.05) is 26.2 Å². The van der Waals surface area contributed by atoms with Crippen LogP contribution >= 0.6 is 0 Å². The van der Waals surface area contributed by atoms with Crippen LogP contribution in [0.4, 0.5) is 0 Å². The van der Waals surface area contributed by atoms with Crippen molar-refractivity contribution < 1.29 is 0 Å². The molecule has 2 rings (SSSR count). The molecule has 2 aliphatic heterocycles. The third-order valence-corrected chi connectivity index (χ3v) is 3.79. The first-order valence-electron chi connectivity index (χ1n) is 7.71. The SMILES string of the molecule is NCCN1CCCCC1.NCCN1CCCCC1. The number of rotatable bonds is 4. The summed E-state index contributed by atoms with van der Waals surface area (Å²) in [6, 6.07) is 0. The van der Waals surface area contributed by atoms with Crippen LogP contribution in [0.1, 0.15) is 38.5 Å². The molecule has 2 fully saturated rings. The second-order valence-corrected chi connectivity index (χ2v) is 5.38. The van der Waals surface area contributed by atoms with Gasteiger partial charge in [-0.25, -0.2) is 0 Å². The van der Waals surface area contributed by atoms with E-state index in [2.05, 4.69) is 9.80 Å². The van der Waals surface area contributed by atoms with Gasteiger partial charge in [-0.3, -0.25) is 0 Å². The van der Waals surface area contributed by atoms with Crippen molar-refractivity contribution in [2.75, 3.05) is 52.4 Å². The molecule has 108 valence electrons. The minimum absolute atomic E-state index is 0.819. The lowest BCUT2D eigenvalue weighted by molar-refractivity contribution is 0.235. The molecule has 0 radical (unpaired) electrons. The Labute approximate surface area is 113 Å². The van der Waals surface area contributed by atoms with Gasteiger partial charge >= 0.3 is 0 Å². The highest BCUT2D eigenvalue weighted by Crippen LogP contribution is 2.07. The third-order valence-electron chi connectivity index (χ3n) is 3.79. The lowest BCUT2D eigenvalue weighted by Gasteiger charge is -2.25. The zero-order valence-corrected chi connectivity index (χ0v) is 11.9. The summed E-state index contributed by atoms with van der Waals surface area (Å²) in [4.78, 5) is 4.90. The van der Waals surface area contributed by atoms with Crippen molar-refractivity contribution in [3.05, 3.63) is 0 Å². The van der Waals surface area contributed by atoms with Crippen LogP contribution in [0.3, 0.4) is 0 Å². The van der Waals surface area contributed by atoms with Crippen LogP contribution in [0.5, 0.6) is 0 Å². The van der Waals surface area contributed by atoms with E-state index in [0.717, 1.165) is 26.2 Å². The Hall–Kier alpha value is -0.160. The molecular weight excluding hydrogens is 224 g/mol. The first kappa shape index (κ1) is 15.9. The van der Waals surface area contributed by atoms with E-state index in [1.807, 2.05) is 0 Å². The minimum atomic E-state index is 0.819. The zero-order valence-electron chi connectivity index (χ0n) is 11.9. The maximum atomic E-state index is 5.42. The van der Waals surface area contributed by atoms with Crippen LogP contribution in [0.15, 0.2) is 0 Å². The highest BCUT2D eigenvalue weighted by molar-refractivity contribution is 4.64. The molecule has 18 heavy (non-hydrogen) atoms. The first-order valence-corrected chi connectivity index (χ1v) is 7.71. The van der Waals surface area contributed by atoms with Crippen molar-refractivity contribution in [2.24, 2.45) is 11.5 Å². The largest absolute Gasteiger partial charge is 0.329 e. The summed E-state index contributed by atoms with van der Waals surface area (Å²) in [6.07, 6.45) is 8.34. The van der Waals surface area contributed by atoms with E-state index in [4.69, 9.17) is 11.5 Å². The van der Waals surface area contributed by atoms with Crippen molar-refractivity contribution in [3.8, 4) is 0 Å². The Balaban J connectivity index is 0.000000180. The molecule has 0 amide bonds. The van der Waals surface area contributed by atoms with E-state index in [9.17, 15) is 0 Å². The van der Waals surface area contributed by atoms with Crippen molar-refractivity contribution in [1.29, 1.82) is 0 Å². The third kappa shape index (κ3) is 7.31. The number of hydrogen-bond acceptors (Lipinski definition) is 4. The van der Waals surface area contributed by atoms with Gasteiger partial charge in [-0.05, 0) is 51.9 Å². The summed E-state index contributed by atoms with van der Waals surface area (Å²) in [5.74, 6) is 0. The van der Waals surface area contributed by atoms with Gasteiger partial charge < -0.3 is 21.3 Å². The van der Waals surface area contributed by atoms with Gasteiger partial charge in [0.05, 0.1) is 0 Å². The van der Waals surface area contributed by atoms with Crippen LogP contribution in [0, 0.1) is 0 Å². The van der Waals surface area contributed by atoms with Gasteiger partial charge in [-0.15, -0.1) is 0 Å². The van der Waals surface area contributed by atoms with E-state index in [0.29, 0.717) is 0 Å². The summed E-state index contributed by atoms with van der Waals surface area (Å²) >= 11 is 0. The molecule has 4 N–H and O–H groups in total. The number of hydrogen-bond donors (Lipinski definition) is 2. The lowest BCUT2D eigenvalue weighted by Crippen LogP contribution is -2.33. The maximum absolute atomic E-state index is 5.42. The minimum Gasteiger partial charge on any atom is -0.329 e. The number of piperidine rings is 2. The van der Waals surface area contributed by atoms with Crippen LogP contribution in [0.2, 0.25) is 0 Å². The summed E-state index contributed by atoms with van der Waals surface area (Å²) in [7, 11) is 0. The monoisotopic (exact) mass is 256 g/mol. The van der Waals surface area contributed by atoms with Crippen LogP contribution < -0.4 is 11.5 Å². The number of nitrogens with zero attached hydrogens (tertiary/aromatic N) is 2. The fourth-order valence-corrected chi connectivity index (χ4v) is 2.73. The van der Waals surface area contributed by atoms with Crippen molar-refractivity contribution in [3.63, 3.8) is 0 Å². The fourth-order valence-electron chi connectivity index (χ4n) is 2.73. The smallest absolute Gasteiger partial charge is 0.0105 e. The molecule has 0 unspecified atom stereocenters. The van der Waals surface area contributed by atoms with Crippen molar-refractivity contribution >= 4 is 0 Å². The average molecular weight is 256 g/mol. The Morgan fingerprint density at radius 1 is 0.556 bits per heavy atom. The molecule has 4 nitrogen and oxygen atoms in total. The summed E-state index contributed by atoms with van der Waals surface area (Å²) < 4.78 is 0. The average Bonchev–Trinajstić information content (AvgIpc) is 2.43. The summed E-state index contributed by atoms with van der Waals surface area (Å²) in [5.41, 5.74) is 10.8. The van der Waals surface area contributed by atoms with E-state index in [1.165, 1.54) is 64.7 Å². The molecule has 4 heteroatoms. The Morgan fingerprint density at radius 2 is 0.889 bits per heavy atom. The highest BCUT2D eigenvalue weighted by Gasteiger charge is 2.07. The van der Waals surface area contributed by atoms with Gasteiger partial charge in [0.25, 0.3) is 0 Å². The van der Waals surface area contributed by atoms with Gasteiger partial charge in [-0.2, -0.15) is 0 Å². The highest BCUT2D eigenvalue weighted by atomic mass is 15.1. The molecular formula is C14H32N4. The first-order chi connectivity index (χ1) is 8.86. The maximum Gasteiger partial charge on any atom is 0.0105 e. The predicted octanol–water partition coefficient (Wildman–Crippen LogP) is 0.862. The Morgan fingerprint density at radius 3 is 1.17 bits per heavy atom. The zero-order chi connectivity index (χ0) is 13.1. The molecule has 0 aromatic rings. The molecule has 0 aromatic heterocycles. The molecule has 0 aromatic carbocycles. The van der Waals surface area contributed by atoms with Crippen LogP contribution in [0.25, 0.3) is 0 Å². The van der Waals surface area contributed by atoms with E-state index >= 15 is 0 Å². The number of nitrogens with two attached hydrogens (primary N) is 2. The summed E-state index contributed by atoms with van der Waals surface area (Å²) in [6.45, 7) is 8.93. The standard InChI is InChI=1S/2C7H16N2/c2*8-4-7-9-5-2-1-3-6-9/h2*1-8H2. The molecule has 0 aliphatic carbocycles. The van der Waals surface area contributed by atoms with Gasteiger partial charge in [0.2, 0.25) is 0 Å². The van der Waals surface area contributed by atoms with Gasteiger partial charge in [0.1, 0.15) is 0 Å². The quantitative estimate of drug-likeness (QED) is 0.783.